The first-order chi connectivity index (χ1) is 12.1. The Morgan fingerprint density at radius 3 is 2.48 bits per heavy atom. The Balaban J connectivity index is 1.70. The minimum absolute atomic E-state index is 0.00217. The van der Waals surface area contributed by atoms with Gasteiger partial charge in [-0.1, -0.05) is 12.1 Å². The minimum atomic E-state index is -0.439. The number of amides is 1. The first-order valence-corrected chi connectivity index (χ1v) is 7.83. The van der Waals surface area contributed by atoms with Crippen LogP contribution in [0.2, 0.25) is 0 Å². The van der Waals surface area contributed by atoms with Gasteiger partial charge < -0.3 is 14.4 Å². The Morgan fingerprint density at radius 2 is 1.88 bits per heavy atom. The summed E-state index contributed by atoms with van der Waals surface area (Å²) in [6.45, 7) is 0.885. The predicted molar refractivity (Wildman–Crippen MR) is 90.2 cm³/mol. The maximum Gasteiger partial charge on any atom is 0.269 e. The maximum atomic E-state index is 12.1. The lowest BCUT2D eigenvalue weighted by atomic mass is 10.1. The van der Waals surface area contributed by atoms with Crippen LogP contribution in [0.5, 0.6) is 5.75 Å². The summed E-state index contributed by atoms with van der Waals surface area (Å²) >= 11 is 0. The average molecular weight is 342 g/mol. The number of benzene rings is 2. The van der Waals surface area contributed by atoms with Crippen LogP contribution in [0, 0.1) is 10.1 Å². The summed E-state index contributed by atoms with van der Waals surface area (Å²) in [5, 5.41) is 10.7. The summed E-state index contributed by atoms with van der Waals surface area (Å²) in [5.74, 6) is 0.690. The molecular weight excluding hydrogens is 324 g/mol. The Bertz CT molecular complexity index is 758. The predicted octanol–water partition coefficient (Wildman–Crippen LogP) is 2.70. The van der Waals surface area contributed by atoms with Gasteiger partial charge in [0.25, 0.3) is 5.69 Å². The number of ether oxygens (including phenoxy) is 2. The van der Waals surface area contributed by atoms with Gasteiger partial charge in [-0.15, -0.1) is 0 Å². The zero-order chi connectivity index (χ0) is 17.8. The van der Waals surface area contributed by atoms with E-state index in [0.29, 0.717) is 13.1 Å². The van der Waals surface area contributed by atoms with E-state index in [1.807, 2.05) is 24.3 Å². The summed E-state index contributed by atoms with van der Waals surface area (Å²) in [7, 11) is 1.61. The fourth-order valence-corrected chi connectivity index (χ4v) is 2.73. The molecule has 1 saturated heterocycles. The number of nitro groups is 1. The van der Waals surface area contributed by atoms with Crippen LogP contribution in [0.4, 0.5) is 5.69 Å². The van der Waals surface area contributed by atoms with Gasteiger partial charge in [0.15, 0.2) is 0 Å². The highest BCUT2D eigenvalue weighted by Gasteiger charge is 2.27. The molecule has 1 unspecified atom stereocenters. The van der Waals surface area contributed by atoms with Crippen LogP contribution < -0.4 is 4.74 Å². The van der Waals surface area contributed by atoms with Crippen molar-refractivity contribution in [1.82, 2.24) is 4.90 Å². The Morgan fingerprint density at radius 1 is 1.20 bits per heavy atom. The third-order valence-electron chi connectivity index (χ3n) is 4.16. The highest BCUT2D eigenvalue weighted by Crippen LogP contribution is 2.26. The van der Waals surface area contributed by atoms with Gasteiger partial charge in [-0.05, 0) is 35.4 Å². The minimum Gasteiger partial charge on any atom is -0.497 e. The van der Waals surface area contributed by atoms with E-state index in [1.54, 1.807) is 24.1 Å². The molecule has 1 amide bonds. The number of hydrogen-bond donors (Lipinski definition) is 0. The molecule has 1 aliphatic rings. The molecule has 0 N–H and O–H groups in total. The standard InChI is InChI=1S/C18H18N2O5/c1-24-16-8-2-13(3-9-16)10-19-11-17(25-12-18(19)21)14-4-6-15(7-5-14)20(22)23/h2-9,17H,10-12H2,1H3. The summed E-state index contributed by atoms with van der Waals surface area (Å²) in [6.07, 6.45) is -0.295. The molecule has 3 rings (SSSR count). The second-order valence-electron chi connectivity index (χ2n) is 5.77. The number of rotatable bonds is 5. The van der Waals surface area contributed by atoms with Crippen molar-refractivity contribution in [3.05, 3.63) is 69.8 Å². The van der Waals surface area contributed by atoms with Gasteiger partial charge in [-0.2, -0.15) is 0 Å². The highest BCUT2D eigenvalue weighted by molar-refractivity contribution is 5.78. The number of carbonyl (C=O) groups is 1. The highest BCUT2D eigenvalue weighted by atomic mass is 16.6. The van der Waals surface area contributed by atoms with E-state index in [4.69, 9.17) is 9.47 Å². The van der Waals surface area contributed by atoms with Gasteiger partial charge in [0.05, 0.1) is 18.6 Å². The molecule has 0 aromatic heterocycles. The second-order valence-corrected chi connectivity index (χ2v) is 5.77. The van der Waals surface area contributed by atoms with Crippen molar-refractivity contribution in [2.75, 3.05) is 20.3 Å². The number of nitrogens with zero attached hydrogens (tertiary/aromatic N) is 2. The zero-order valence-electron chi connectivity index (χ0n) is 13.8. The van der Waals surface area contributed by atoms with Crippen molar-refractivity contribution in [1.29, 1.82) is 0 Å². The summed E-state index contributed by atoms with van der Waals surface area (Å²) < 4.78 is 10.7. The summed E-state index contributed by atoms with van der Waals surface area (Å²) in [4.78, 5) is 24.2. The van der Waals surface area contributed by atoms with E-state index in [2.05, 4.69) is 0 Å². The van der Waals surface area contributed by atoms with Crippen LogP contribution >= 0.6 is 0 Å². The quantitative estimate of drug-likeness (QED) is 0.616. The van der Waals surface area contributed by atoms with E-state index >= 15 is 0 Å². The SMILES string of the molecule is COc1ccc(CN2CC(c3ccc([N+](=O)[O-])cc3)OCC2=O)cc1. The summed E-state index contributed by atoms with van der Waals surface area (Å²) in [6, 6.07) is 13.8. The molecule has 130 valence electrons. The zero-order valence-corrected chi connectivity index (χ0v) is 13.8. The molecule has 1 fully saturated rings. The Kier molecular flexibility index (Phi) is 4.95. The van der Waals surface area contributed by atoms with E-state index < -0.39 is 4.92 Å². The van der Waals surface area contributed by atoms with E-state index in [-0.39, 0.29) is 24.3 Å². The number of morpholine rings is 1. The Hall–Kier alpha value is -2.93. The van der Waals surface area contributed by atoms with Gasteiger partial charge in [0.2, 0.25) is 5.91 Å². The number of carbonyl (C=O) groups excluding carboxylic acids is 1. The monoisotopic (exact) mass is 342 g/mol. The molecule has 0 aliphatic carbocycles. The maximum absolute atomic E-state index is 12.1. The molecule has 2 aromatic rings. The van der Waals surface area contributed by atoms with Crippen molar-refractivity contribution in [3.8, 4) is 5.75 Å². The third kappa shape index (κ3) is 3.95. The van der Waals surface area contributed by atoms with Gasteiger partial charge in [-0.3, -0.25) is 14.9 Å². The molecule has 25 heavy (non-hydrogen) atoms. The molecule has 0 spiro atoms. The van der Waals surface area contributed by atoms with Crippen LogP contribution in [0.3, 0.4) is 0 Å². The van der Waals surface area contributed by atoms with Crippen molar-refractivity contribution in [2.45, 2.75) is 12.6 Å². The molecule has 1 heterocycles. The molecule has 7 nitrogen and oxygen atoms in total. The Labute approximate surface area is 144 Å². The van der Waals surface area contributed by atoms with Crippen LogP contribution in [0.15, 0.2) is 48.5 Å². The van der Waals surface area contributed by atoms with E-state index in [9.17, 15) is 14.9 Å². The van der Waals surface area contributed by atoms with Gasteiger partial charge in [0.1, 0.15) is 18.5 Å². The normalized spacial score (nSPS) is 17.4. The van der Waals surface area contributed by atoms with Crippen molar-refractivity contribution >= 4 is 11.6 Å². The van der Waals surface area contributed by atoms with Crippen molar-refractivity contribution < 1.29 is 19.2 Å². The van der Waals surface area contributed by atoms with Crippen molar-refractivity contribution in [2.24, 2.45) is 0 Å². The van der Waals surface area contributed by atoms with Crippen LogP contribution in [0.1, 0.15) is 17.2 Å². The molecule has 1 aliphatic heterocycles. The second kappa shape index (κ2) is 7.31. The average Bonchev–Trinajstić information content (AvgIpc) is 2.64. The van der Waals surface area contributed by atoms with Crippen molar-refractivity contribution in [3.63, 3.8) is 0 Å². The van der Waals surface area contributed by atoms with E-state index in [0.717, 1.165) is 16.9 Å². The topological polar surface area (TPSA) is 81.9 Å². The third-order valence-corrected chi connectivity index (χ3v) is 4.16. The molecule has 0 saturated carbocycles. The largest absolute Gasteiger partial charge is 0.497 e. The lowest BCUT2D eigenvalue weighted by Gasteiger charge is -2.33. The van der Waals surface area contributed by atoms with Crippen LogP contribution in [-0.2, 0) is 16.1 Å². The van der Waals surface area contributed by atoms with Crippen LogP contribution in [0.25, 0.3) is 0 Å². The fraction of sp³-hybridized carbons (Fsp3) is 0.278. The fourth-order valence-electron chi connectivity index (χ4n) is 2.73. The molecule has 1 atom stereocenters. The molecule has 2 aromatic carbocycles. The molecule has 0 radical (unpaired) electrons. The number of hydrogen-bond acceptors (Lipinski definition) is 5. The lowest BCUT2D eigenvalue weighted by molar-refractivity contribution is -0.384. The molecule has 0 bridgehead atoms. The number of nitro benzene ring substituents is 1. The van der Waals surface area contributed by atoms with E-state index in [1.165, 1.54) is 12.1 Å². The first-order valence-electron chi connectivity index (χ1n) is 7.83. The lowest BCUT2D eigenvalue weighted by Crippen LogP contribution is -2.42. The first kappa shape index (κ1) is 16.9. The number of non-ortho nitro benzene ring substituents is 1. The molecular formula is C18H18N2O5. The van der Waals surface area contributed by atoms with Crippen LogP contribution in [-0.4, -0.2) is 36.0 Å². The smallest absolute Gasteiger partial charge is 0.269 e. The number of methoxy groups -OCH3 is 1. The molecule has 7 heteroatoms. The summed E-state index contributed by atoms with van der Waals surface area (Å²) in [5.41, 5.74) is 1.85. The van der Waals surface area contributed by atoms with Gasteiger partial charge in [0, 0.05) is 18.7 Å². The van der Waals surface area contributed by atoms with Gasteiger partial charge in [-0.25, -0.2) is 0 Å². The van der Waals surface area contributed by atoms with Gasteiger partial charge >= 0.3 is 0 Å².